The number of halogens is 1. The van der Waals surface area contributed by atoms with Crippen LogP contribution in [0.1, 0.15) is 16.9 Å². The van der Waals surface area contributed by atoms with E-state index >= 15 is 0 Å². The number of carbonyl (C=O) groups excluding carboxylic acids is 1. The van der Waals surface area contributed by atoms with Crippen LogP contribution in [0.25, 0.3) is 0 Å². The molecule has 1 aliphatic rings. The average molecular weight is 180 g/mol. The largest absolute Gasteiger partial charge is 0.337 e. The lowest BCUT2D eigenvalue weighted by atomic mass is 10.2. The lowest BCUT2D eigenvalue weighted by Gasteiger charge is -2.30. The van der Waals surface area contributed by atoms with E-state index in [1.54, 1.807) is 4.90 Å². The summed E-state index contributed by atoms with van der Waals surface area (Å²) in [6.45, 7) is 1.52. The van der Waals surface area contributed by atoms with Crippen LogP contribution in [0.4, 0.5) is 4.39 Å². The number of aromatic nitrogens is 1. The maximum absolute atomic E-state index is 12.6. The molecule has 1 fully saturated rings. The van der Waals surface area contributed by atoms with E-state index in [0.717, 1.165) is 19.5 Å². The first-order valence-electron chi connectivity index (χ1n) is 4.19. The molecule has 0 atom stereocenters. The summed E-state index contributed by atoms with van der Waals surface area (Å²) in [5.41, 5.74) is 0.194. The molecule has 13 heavy (non-hydrogen) atoms. The van der Waals surface area contributed by atoms with Crippen LogP contribution in [0.3, 0.4) is 0 Å². The molecule has 2 heterocycles. The number of nitrogens with zero attached hydrogens (tertiary/aromatic N) is 2. The first-order chi connectivity index (χ1) is 6.27. The van der Waals surface area contributed by atoms with Crippen molar-refractivity contribution >= 4 is 5.91 Å². The summed E-state index contributed by atoms with van der Waals surface area (Å²) in [5.74, 6) is -0.780. The van der Waals surface area contributed by atoms with Crippen molar-refractivity contribution in [2.45, 2.75) is 6.42 Å². The minimum absolute atomic E-state index is 0.175. The van der Waals surface area contributed by atoms with Crippen LogP contribution in [0.2, 0.25) is 0 Å². The number of hydrogen-bond donors (Lipinski definition) is 0. The summed E-state index contributed by atoms with van der Waals surface area (Å²) in [6, 6.07) is 4.26. The third-order valence-electron chi connectivity index (χ3n) is 2.08. The Bertz CT molecular complexity index is 336. The monoisotopic (exact) mass is 180 g/mol. The van der Waals surface area contributed by atoms with E-state index in [1.807, 2.05) is 0 Å². The zero-order valence-electron chi connectivity index (χ0n) is 7.03. The van der Waals surface area contributed by atoms with Crippen LogP contribution < -0.4 is 0 Å². The summed E-state index contributed by atoms with van der Waals surface area (Å²) in [6.07, 6.45) is 1.03. The molecule has 68 valence electrons. The molecule has 0 spiro atoms. The molecule has 0 aliphatic carbocycles. The standard InChI is InChI=1S/C9H9FN2O/c10-8-4-1-3-7(11-8)9(13)12-5-2-6-12/h1,3-4H,2,5-6H2. The highest BCUT2D eigenvalue weighted by Crippen LogP contribution is 2.10. The summed E-state index contributed by atoms with van der Waals surface area (Å²) in [4.78, 5) is 16.6. The lowest BCUT2D eigenvalue weighted by molar-refractivity contribution is 0.0644. The second-order valence-corrected chi connectivity index (χ2v) is 2.99. The van der Waals surface area contributed by atoms with E-state index in [2.05, 4.69) is 4.98 Å². The van der Waals surface area contributed by atoms with Crippen molar-refractivity contribution in [3.05, 3.63) is 29.8 Å². The van der Waals surface area contributed by atoms with Crippen molar-refractivity contribution in [3.63, 3.8) is 0 Å². The van der Waals surface area contributed by atoms with Gasteiger partial charge in [-0.15, -0.1) is 0 Å². The maximum atomic E-state index is 12.6. The van der Waals surface area contributed by atoms with Crippen LogP contribution in [0.15, 0.2) is 18.2 Å². The Morgan fingerprint density at radius 2 is 2.23 bits per heavy atom. The number of likely N-dealkylation sites (tertiary alicyclic amines) is 1. The van der Waals surface area contributed by atoms with E-state index < -0.39 is 5.95 Å². The molecule has 1 aromatic heterocycles. The second kappa shape index (κ2) is 3.12. The van der Waals surface area contributed by atoms with Gasteiger partial charge in [0.15, 0.2) is 0 Å². The van der Waals surface area contributed by atoms with Gasteiger partial charge in [-0.1, -0.05) is 6.07 Å². The molecule has 1 saturated heterocycles. The zero-order chi connectivity index (χ0) is 9.26. The molecule has 1 amide bonds. The molecule has 2 rings (SSSR count). The van der Waals surface area contributed by atoms with Gasteiger partial charge in [0.1, 0.15) is 5.69 Å². The predicted octanol–water partition coefficient (Wildman–Crippen LogP) is 1.07. The van der Waals surface area contributed by atoms with E-state index in [-0.39, 0.29) is 11.6 Å². The van der Waals surface area contributed by atoms with Crippen molar-refractivity contribution < 1.29 is 9.18 Å². The Kier molecular flexibility index (Phi) is 1.96. The SMILES string of the molecule is O=C(c1cccc(F)n1)N1CCC1. The maximum Gasteiger partial charge on any atom is 0.272 e. The van der Waals surface area contributed by atoms with Gasteiger partial charge in [0.05, 0.1) is 0 Å². The number of carbonyl (C=O) groups is 1. The number of rotatable bonds is 1. The smallest absolute Gasteiger partial charge is 0.272 e. The van der Waals surface area contributed by atoms with Crippen LogP contribution >= 0.6 is 0 Å². The van der Waals surface area contributed by atoms with E-state index in [0.29, 0.717) is 0 Å². The van der Waals surface area contributed by atoms with E-state index in [1.165, 1.54) is 18.2 Å². The van der Waals surface area contributed by atoms with Gasteiger partial charge in [-0.05, 0) is 18.6 Å². The summed E-state index contributed by atoms with van der Waals surface area (Å²) >= 11 is 0. The number of hydrogen-bond acceptors (Lipinski definition) is 2. The second-order valence-electron chi connectivity index (χ2n) is 2.99. The Morgan fingerprint density at radius 3 is 2.77 bits per heavy atom. The van der Waals surface area contributed by atoms with Gasteiger partial charge in [0.2, 0.25) is 5.95 Å². The number of pyridine rings is 1. The first-order valence-corrected chi connectivity index (χ1v) is 4.19. The fourth-order valence-electron chi connectivity index (χ4n) is 1.21. The number of amides is 1. The molecule has 0 radical (unpaired) electrons. The van der Waals surface area contributed by atoms with Crippen molar-refractivity contribution in [1.82, 2.24) is 9.88 Å². The van der Waals surface area contributed by atoms with Gasteiger partial charge in [0, 0.05) is 13.1 Å². The van der Waals surface area contributed by atoms with Crippen LogP contribution in [-0.4, -0.2) is 28.9 Å². The van der Waals surface area contributed by atoms with Gasteiger partial charge in [0.25, 0.3) is 5.91 Å². The Hall–Kier alpha value is -1.45. The first kappa shape index (κ1) is 8.16. The van der Waals surface area contributed by atoms with Crippen molar-refractivity contribution in [2.75, 3.05) is 13.1 Å². The van der Waals surface area contributed by atoms with Gasteiger partial charge < -0.3 is 4.90 Å². The van der Waals surface area contributed by atoms with Gasteiger partial charge in [-0.3, -0.25) is 4.79 Å². The molecule has 1 aromatic rings. The van der Waals surface area contributed by atoms with Crippen molar-refractivity contribution in [2.24, 2.45) is 0 Å². The zero-order valence-corrected chi connectivity index (χ0v) is 7.03. The van der Waals surface area contributed by atoms with Gasteiger partial charge >= 0.3 is 0 Å². The van der Waals surface area contributed by atoms with Crippen molar-refractivity contribution in [3.8, 4) is 0 Å². The minimum atomic E-state index is -0.605. The average Bonchev–Trinajstić information content (AvgIpc) is 2.01. The van der Waals surface area contributed by atoms with Gasteiger partial charge in [-0.25, -0.2) is 4.98 Å². The molecule has 4 heteroatoms. The summed E-state index contributed by atoms with van der Waals surface area (Å²) in [5, 5.41) is 0. The van der Waals surface area contributed by atoms with Crippen LogP contribution in [0.5, 0.6) is 0 Å². The molecule has 0 N–H and O–H groups in total. The normalized spacial score (nSPS) is 15.3. The molecular weight excluding hydrogens is 171 g/mol. The molecular formula is C9H9FN2O. The summed E-state index contributed by atoms with van der Waals surface area (Å²) < 4.78 is 12.6. The molecule has 3 nitrogen and oxygen atoms in total. The lowest BCUT2D eigenvalue weighted by Crippen LogP contribution is -2.42. The molecule has 1 aliphatic heterocycles. The highest BCUT2D eigenvalue weighted by Gasteiger charge is 2.22. The fraction of sp³-hybridized carbons (Fsp3) is 0.333. The Morgan fingerprint density at radius 1 is 1.46 bits per heavy atom. The minimum Gasteiger partial charge on any atom is -0.337 e. The van der Waals surface area contributed by atoms with E-state index in [9.17, 15) is 9.18 Å². The molecule has 0 saturated carbocycles. The Balaban J connectivity index is 2.19. The molecule has 0 unspecified atom stereocenters. The topological polar surface area (TPSA) is 33.2 Å². The van der Waals surface area contributed by atoms with Crippen LogP contribution in [-0.2, 0) is 0 Å². The molecule has 0 aromatic carbocycles. The predicted molar refractivity (Wildman–Crippen MR) is 44.7 cm³/mol. The highest BCUT2D eigenvalue weighted by atomic mass is 19.1. The van der Waals surface area contributed by atoms with E-state index in [4.69, 9.17) is 0 Å². The Labute approximate surface area is 75.2 Å². The third-order valence-corrected chi connectivity index (χ3v) is 2.08. The van der Waals surface area contributed by atoms with Gasteiger partial charge in [-0.2, -0.15) is 4.39 Å². The fourth-order valence-corrected chi connectivity index (χ4v) is 1.21. The summed E-state index contributed by atoms with van der Waals surface area (Å²) in [7, 11) is 0. The van der Waals surface area contributed by atoms with Crippen LogP contribution in [0, 0.1) is 5.95 Å². The quantitative estimate of drug-likeness (QED) is 0.605. The highest BCUT2D eigenvalue weighted by molar-refractivity contribution is 5.92. The third kappa shape index (κ3) is 1.52. The van der Waals surface area contributed by atoms with Crippen molar-refractivity contribution in [1.29, 1.82) is 0 Å². The molecule has 0 bridgehead atoms.